The molecule has 0 bridgehead atoms. The van der Waals surface area contributed by atoms with E-state index in [2.05, 4.69) is 9.97 Å². The smallest absolute Gasteiger partial charge is 0.387 e. The predicted molar refractivity (Wildman–Crippen MR) is 180 cm³/mol. The van der Waals surface area contributed by atoms with Crippen molar-refractivity contribution in [2.45, 2.75) is 52.9 Å². The number of aromatic nitrogens is 4. The van der Waals surface area contributed by atoms with Crippen molar-refractivity contribution >= 4 is 41.1 Å². The molecule has 1 fully saturated rings. The maximum absolute atomic E-state index is 13.1. The largest absolute Gasteiger partial charge is 0.454 e. The number of fused-ring (bicyclic) bond motifs is 1. The van der Waals surface area contributed by atoms with Gasteiger partial charge in [-0.2, -0.15) is 8.78 Å². The van der Waals surface area contributed by atoms with Gasteiger partial charge in [0.1, 0.15) is 11.8 Å². The lowest BCUT2D eigenvalue weighted by Crippen LogP contribution is -2.55. The Bertz CT molecular complexity index is 1830. The van der Waals surface area contributed by atoms with Crippen molar-refractivity contribution in [2.75, 3.05) is 31.1 Å². The highest BCUT2D eigenvalue weighted by molar-refractivity contribution is 5.86. The molecule has 1 amide bonds. The molecule has 258 valence electrons. The number of nitrogens with zero attached hydrogens (tertiary/aromatic N) is 6. The normalized spacial score (nSPS) is 15.5. The fraction of sp³-hybridized carbons (Fsp3) is 0.424. The Morgan fingerprint density at radius 1 is 1.06 bits per heavy atom. The van der Waals surface area contributed by atoms with Crippen molar-refractivity contribution in [1.82, 2.24) is 24.2 Å². The minimum absolute atomic E-state index is 0. The van der Waals surface area contributed by atoms with Gasteiger partial charge >= 0.3 is 12.6 Å². The van der Waals surface area contributed by atoms with E-state index in [1.165, 1.54) is 10.7 Å². The molecule has 3 heterocycles. The second-order valence-electron chi connectivity index (χ2n) is 12.1. The zero-order valence-electron chi connectivity index (χ0n) is 27.4. The lowest BCUT2D eigenvalue weighted by molar-refractivity contribution is -0.154. The molecule has 1 aliphatic rings. The number of ether oxygens (including phenoxy) is 2. The first kappa shape index (κ1) is 36.3. The van der Waals surface area contributed by atoms with E-state index in [0.717, 1.165) is 16.7 Å². The van der Waals surface area contributed by atoms with Gasteiger partial charge in [0.2, 0.25) is 5.95 Å². The molecule has 2 aromatic carbocycles. The van der Waals surface area contributed by atoms with Crippen LogP contribution in [-0.2, 0) is 27.9 Å². The summed E-state index contributed by atoms with van der Waals surface area (Å²) >= 11 is 0. The molecule has 0 saturated carbocycles. The molecule has 2 N–H and O–H groups in total. The third-order valence-corrected chi connectivity index (χ3v) is 8.44. The number of carbonyl (C=O) groups is 2. The molecule has 2 atom stereocenters. The van der Waals surface area contributed by atoms with Crippen molar-refractivity contribution < 1.29 is 27.8 Å². The lowest BCUT2D eigenvalue weighted by Gasteiger charge is -2.39. The summed E-state index contributed by atoms with van der Waals surface area (Å²) in [6, 6.07) is 9.41. The number of carbonyl (C=O) groups excluding carboxylic acids is 2. The summed E-state index contributed by atoms with van der Waals surface area (Å²) in [4.78, 5) is 50.7. The number of halogens is 3. The van der Waals surface area contributed by atoms with Crippen molar-refractivity contribution in [3.8, 4) is 16.9 Å². The van der Waals surface area contributed by atoms with E-state index in [1.807, 2.05) is 44.7 Å². The van der Waals surface area contributed by atoms with Gasteiger partial charge in [-0.15, -0.1) is 12.4 Å². The number of alkyl halides is 2. The summed E-state index contributed by atoms with van der Waals surface area (Å²) < 4.78 is 39.3. The molecule has 0 unspecified atom stereocenters. The van der Waals surface area contributed by atoms with E-state index in [1.54, 1.807) is 47.2 Å². The molecule has 2 aromatic heterocycles. The number of rotatable bonds is 10. The molecule has 1 aliphatic heterocycles. The standard InChI is InChI=1S/C33H39F2N7O5.ClH/c1-19(2)29(36)31(45)46-18-28(43)41-11-10-40(16-21(41)4)33-37-14-24(15-38-33)22-7-8-25-26(13-22)42(39(5)30(25)44)17-23-12-20(3)6-9-27(23)47-32(34)35;/h6-9,12-15,19,21,29,32H,10-11,16-18,36H2,1-5H3;1H/t21-,29+;/m1./s1. The van der Waals surface area contributed by atoms with Gasteiger partial charge in [-0.25, -0.2) is 9.97 Å². The Hall–Kier alpha value is -4.56. The van der Waals surface area contributed by atoms with Crippen LogP contribution in [0.25, 0.3) is 22.0 Å². The SMILES string of the molecule is Cc1ccc(OC(F)F)c(Cn2c3cc(-c4cnc(N5CCN(C(=O)COC(=O)[C@@H](N)C(C)C)[C@H](C)C5)nc4)ccc3c(=O)n2C)c1.Cl. The zero-order valence-corrected chi connectivity index (χ0v) is 28.2. The highest BCUT2D eigenvalue weighted by Gasteiger charge is 2.30. The summed E-state index contributed by atoms with van der Waals surface area (Å²) in [6.45, 7) is 5.58. The third kappa shape index (κ3) is 7.76. The molecule has 0 spiro atoms. The Kier molecular flexibility index (Phi) is 11.4. The van der Waals surface area contributed by atoms with E-state index < -0.39 is 18.6 Å². The number of hydrogen-bond acceptors (Lipinski definition) is 9. The Balaban J connectivity index is 0.00000520. The Labute approximate surface area is 282 Å². The van der Waals surface area contributed by atoms with Crippen LogP contribution in [0.3, 0.4) is 0 Å². The third-order valence-electron chi connectivity index (χ3n) is 8.44. The van der Waals surface area contributed by atoms with Gasteiger partial charge in [-0.1, -0.05) is 37.6 Å². The summed E-state index contributed by atoms with van der Waals surface area (Å²) in [5.74, 6) is -0.416. The molecule has 4 aromatic rings. The first-order valence-corrected chi connectivity index (χ1v) is 15.4. The summed E-state index contributed by atoms with van der Waals surface area (Å²) in [7, 11) is 1.63. The second-order valence-corrected chi connectivity index (χ2v) is 12.1. The van der Waals surface area contributed by atoms with Crippen LogP contribution in [0.15, 0.2) is 53.6 Å². The van der Waals surface area contributed by atoms with Crippen LogP contribution in [-0.4, -0.2) is 81.0 Å². The number of amides is 1. The molecule has 12 nitrogen and oxygen atoms in total. The number of esters is 1. The van der Waals surface area contributed by atoms with Crippen LogP contribution in [0.2, 0.25) is 0 Å². The van der Waals surface area contributed by atoms with Crippen molar-refractivity contribution in [1.29, 1.82) is 0 Å². The van der Waals surface area contributed by atoms with Crippen LogP contribution in [0.5, 0.6) is 5.75 Å². The number of anilines is 1. The van der Waals surface area contributed by atoms with Gasteiger partial charge in [0.15, 0.2) is 6.61 Å². The molecular formula is C33H40ClF2N7O5. The average molecular weight is 688 g/mol. The van der Waals surface area contributed by atoms with Gasteiger partial charge in [-0.3, -0.25) is 23.7 Å². The summed E-state index contributed by atoms with van der Waals surface area (Å²) in [5, 5.41) is 0.483. The van der Waals surface area contributed by atoms with E-state index in [0.29, 0.717) is 42.0 Å². The number of aryl methyl sites for hydroxylation is 1. The average Bonchev–Trinajstić information content (AvgIpc) is 3.28. The molecule has 1 saturated heterocycles. The number of benzene rings is 2. The Morgan fingerprint density at radius 2 is 1.77 bits per heavy atom. The molecule has 0 radical (unpaired) electrons. The molecule has 0 aliphatic carbocycles. The highest BCUT2D eigenvalue weighted by atomic mass is 35.5. The van der Waals surface area contributed by atoms with Crippen LogP contribution in [0, 0.1) is 12.8 Å². The minimum atomic E-state index is -2.98. The second kappa shape index (κ2) is 15.1. The molecular weight excluding hydrogens is 648 g/mol. The predicted octanol–water partition coefficient (Wildman–Crippen LogP) is 3.74. The molecule has 48 heavy (non-hydrogen) atoms. The van der Waals surface area contributed by atoms with Crippen molar-refractivity contribution in [2.24, 2.45) is 18.7 Å². The lowest BCUT2D eigenvalue weighted by atomic mass is 10.1. The number of nitrogens with two attached hydrogens (primary N) is 1. The monoisotopic (exact) mass is 687 g/mol. The van der Waals surface area contributed by atoms with Crippen molar-refractivity contribution in [3.05, 3.63) is 70.3 Å². The van der Waals surface area contributed by atoms with Gasteiger partial charge in [0, 0.05) is 56.2 Å². The molecule has 15 heteroatoms. The fourth-order valence-corrected chi connectivity index (χ4v) is 5.67. The van der Waals surface area contributed by atoms with Gasteiger partial charge in [0.25, 0.3) is 11.5 Å². The first-order valence-electron chi connectivity index (χ1n) is 15.4. The maximum atomic E-state index is 13.1. The van der Waals surface area contributed by atoms with Crippen molar-refractivity contribution in [3.63, 3.8) is 0 Å². The van der Waals surface area contributed by atoms with Crippen LogP contribution in [0.4, 0.5) is 14.7 Å². The topological polar surface area (TPSA) is 138 Å². The summed E-state index contributed by atoms with van der Waals surface area (Å²) in [5.41, 5.74) is 9.10. The van der Waals surface area contributed by atoms with E-state index >= 15 is 0 Å². The number of piperazine rings is 1. The van der Waals surface area contributed by atoms with E-state index in [9.17, 15) is 23.2 Å². The van der Waals surface area contributed by atoms with E-state index in [-0.39, 0.29) is 54.7 Å². The quantitative estimate of drug-likeness (QED) is 0.247. The van der Waals surface area contributed by atoms with Crippen LogP contribution < -0.4 is 20.9 Å². The van der Waals surface area contributed by atoms with Gasteiger partial charge < -0.3 is 25.0 Å². The number of hydrogen-bond donors (Lipinski definition) is 1. The molecule has 5 rings (SSSR count). The highest BCUT2D eigenvalue weighted by Crippen LogP contribution is 2.27. The van der Waals surface area contributed by atoms with Gasteiger partial charge in [-0.05, 0) is 43.5 Å². The maximum Gasteiger partial charge on any atom is 0.387 e. The minimum Gasteiger partial charge on any atom is -0.454 e. The fourth-order valence-electron chi connectivity index (χ4n) is 5.67. The van der Waals surface area contributed by atoms with Gasteiger partial charge in [0.05, 0.1) is 17.4 Å². The van der Waals surface area contributed by atoms with Crippen LogP contribution in [0.1, 0.15) is 31.9 Å². The van der Waals surface area contributed by atoms with E-state index in [4.69, 9.17) is 15.2 Å². The zero-order chi connectivity index (χ0) is 34.0. The van der Waals surface area contributed by atoms with Crippen LogP contribution >= 0.6 is 12.4 Å². The Morgan fingerprint density at radius 3 is 2.42 bits per heavy atom. The first-order chi connectivity index (χ1) is 22.3. The summed E-state index contributed by atoms with van der Waals surface area (Å²) in [6.07, 6.45) is 3.40.